The summed E-state index contributed by atoms with van der Waals surface area (Å²) in [7, 11) is 0. The summed E-state index contributed by atoms with van der Waals surface area (Å²) in [4.78, 5) is 46.7. The monoisotopic (exact) mass is 638 g/mol. The third kappa shape index (κ3) is 6.94. The second-order valence-electron chi connectivity index (χ2n) is 14.3. The third-order valence-electron chi connectivity index (χ3n) is 9.39. The third-order valence-corrected chi connectivity index (χ3v) is 9.39. The van der Waals surface area contributed by atoms with E-state index < -0.39 is 5.60 Å². The van der Waals surface area contributed by atoms with Crippen molar-refractivity contribution in [1.82, 2.24) is 20.1 Å². The van der Waals surface area contributed by atoms with E-state index in [2.05, 4.69) is 10.3 Å². The van der Waals surface area contributed by atoms with Gasteiger partial charge in [0.1, 0.15) is 11.4 Å². The lowest BCUT2D eigenvalue weighted by Gasteiger charge is -2.57. The highest BCUT2D eigenvalue weighted by atomic mass is 19.1. The van der Waals surface area contributed by atoms with Gasteiger partial charge in [0.15, 0.2) is 0 Å². The number of amides is 3. The average Bonchev–Trinajstić information content (AvgIpc) is 3.53. The lowest BCUT2D eigenvalue weighted by molar-refractivity contribution is -0.0500. The normalized spacial score (nSPS) is 17.5. The van der Waals surface area contributed by atoms with E-state index in [0.717, 1.165) is 61.0 Å². The molecular formula is C38H43FN4O4. The van der Waals surface area contributed by atoms with Gasteiger partial charge < -0.3 is 19.9 Å². The molecule has 6 rings (SSSR count). The number of carbonyl (C=O) groups excluding carboxylic acids is 3. The number of rotatable bonds is 6. The Kier molecular flexibility index (Phi) is 8.68. The number of carbonyl (C=O) groups is 3. The molecule has 2 aliphatic heterocycles. The maximum Gasteiger partial charge on any atom is 0.410 e. The van der Waals surface area contributed by atoms with Crippen LogP contribution in [0.2, 0.25) is 0 Å². The number of aromatic nitrogens is 1. The summed E-state index contributed by atoms with van der Waals surface area (Å²) in [5.41, 5.74) is 6.21. The van der Waals surface area contributed by atoms with Gasteiger partial charge in [-0.2, -0.15) is 0 Å². The van der Waals surface area contributed by atoms with Crippen molar-refractivity contribution in [3.8, 4) is 0 Å². The highest BCUT2D eigenvalue weighted by Gasteiger charge is 2.53. The molecule has 1 aliphatic carbocycles. The molecule has 246 valence electrons. The van der Waals surface area contributed by atoms with E-state index in [4.69, 9.17) is 4.74 Å². The van der Waals surface area contributed by atoms with Crippen molar-refractivity contribution in [1.29, 1.82) is 0 Å². The second kappa shape index (κ2) is 12.6. The molecule has 3 fully saturated rings. The zero-order chi connectivity index (χ0) is 33.5. The van der Waals surface area contributed by atoms with Crippen LogP contribution in [-0.4, -0.2) is 64.5 Å². The van der Waals surface area contributed by atoms with Gasteiger partial charge in [-0.1, -0.05) is 42.0 Å². The van der Waals surface area contributed by atoms with E-state index in [1.807, 2.05) is 69.0 Å². The number of pyridine rings is 1. The van der Waals surface area contributed by atoms with Crippen molar-refractivity contribution < 1.29 is 23.5 Å². The summed E-state index contributed by atoms with van der Waals surface area (Å²) in [6.07, 6.45) is 4.95. The smallest absolute Gasteiger partial charge is 0.410 e. The van der Waals surface area contributed by atoms with E-state index in [1.54, 1.807) is 17.9 Å². The molecule has 8 nitrogen and oxygen atoms in total. The molecule has 9 heteroatoms. The Hall–Kier alpha value is -4.53. The van der Waals surface area contributed by atoms with Gasteiger partial charge in [0, 0.05) is 37.8 Å². The van der Waals surface area contributed by atoms with Crippen molar-refractivity contribution in [2.45, 2.75) is 71.9 Å². The number of benzene rings is 2. The standard InChI is InChI=1S/C38H43FN4O4/c1-24(41-34(44)29-18-32(25(2)40-21-29)35(45)42-16-6-7-17-42)26-8-10-27(11-9-26)33(28-12-14-31(39)15-13-28)30-19-38(20-30)22-43(23-38)36(46)47-37(3,4)5/h8-15,18,21,24H,6-7,16-17,19-20,22-23H2,1-5H3,(H,41,44)/t24-/m1/s1. The number of aryl methyl sites for hydroxylation is 1. The predicted octanol–water partition coefficient (Wildman–Crippen LogP) is 7.09. The van der Waals surface area contributed by atoms with E-state index in [-0.39, 0.29) is 35.2 Å². The molecule has 1 spiro atoms. The number of ether oxygens (including phenoxy) is 1. The molecule has 3 aliphatic rings. The average molecular weight is 639 g/mol. The van der Waals surface area contributed by atoms with Crippen LogP contribution in [0.25, 0.3) is 5.57 Å². The van der Waals surface area contributed by atoms with Gasteiger partial charge in [-0.3, -0.25) is 14.6 Å². The van der Waals surface area contributed by atoms with Crippen molar-refractivity contribution >= 4 is 23.5 Å². The van der Waals surface area contributed by atoms with Crippen LogP contribution < -0.4 is 5.32 Å². The Morgan fingerprint density at radius 1 is 0.915 bits per heavy atom. The van der Waals surface area contributed by atoms with Crippen LogP contribution in [-0.2, 0) is 4.74 Å². The minimum Gasteiger partial charge on any atom is -0.444 e. The molecule has 2 aromatic carbocycles. The highest BCUT2D eigenvalue weighted by Crippen LogP contribution is 2.55. The molecule has 1 aromatic heterocycles. The Morgan fingerprint density at radius 3 is 2.11 bits per heavy atom. The zero-order valence-electron chi connectivity index (χ0n) is 27.9. The zero-order valence-corrected chi connectivity index (χ0v) is 27.9. The van der Waals surface area contributed by atoms with Crippen LogP contribution >= 0.6 is 0 Å². The topological polar surface area (TPSA) is 91.8 Å². The van der Waals surface area contributed by atoms with Crippen LogP contribution in [0.4, 0.5) is 9.18 Å². The SMILES string of the molecule is Cc1ncc(C(=O)N[C@H](C)c2ccc(C(=C3CC4(C3)CN(C(=O)OC(C)(C)C)C4)c3ccc(F)cc3)cc2)cc1C(=O)N1CCCC1. The number of halogens is 1. The molecule has 3 aromatic rings. The van der Waals surface area contributed by atoms with Crippen LogP contribution in [0.15, 0.2) is 66.4 Å². The lowest BCUT2D eigenvalue weighted by Crippen LogP contribution is -2.62. The number of nitrogens with one attached hydrogen (secondary N) is 1. The van der Waals surface area contributed by atoms with Gasteiger partial charge in [0.05, 0.1) is 22.9 Å². The first-order valence-electron chi connectivity index (χ1n) is 16.4. The van der Waals surface area contributed by atoms with E-state index >= 15 is 0 Å². The molecule has 0 bridgehead atoms. The molecule has 2 saturated heterocycles. The Bertz CT molecular complexity index is 1700. The largest absolute Gasteiger partial charge is 0.444 e. The second-order valence-corrected chi connectivity index (χ2v) is 14.3. The highest BCUT2D eigenvalue weighted by molar-refractivity contribution is 6.00. The van der Waals surface area contributed by atoms with E-state index in [0.29, 0.717) is 29.9 Å². The van der Waals surface area contributed by atoms with Gasteiger partial charge in [-0.05, 0) is 101 Å². The summed E-state index contributed by atoms with van der Waals surface area (Å²) < 4.78 is 19.4. The molecule has 1 N–H and O–H groups in total. The lowest BCUT2D eigenvalue weighted by atomic mass is 9.59. The predicted molar refractivity (Wildman–Crippen MR) is 178 cm³/mol. The van der Waals surface area contributed by atoms with Crippen LogP contribution in [0.3, 0.4) is 0 Å². The molecule has 47 heavy (non-hydrogen) atoms. The van der Waals surface area contributed by atoms with Crippen molar-refractivity contribution in [3.05, 3.63) is 106 Å². The van der Waals surface area contributed by atoms with Crippen molar-refractivity contribution in [3.63, 3.8) is 0 Å². The maximum atomic E-state index is 13.9. The Labute approximate surface area is 276 Å². The number of likely N-dealkylation sites (tertiary alicyclic amines) is 2. The Balaban J connectivity index is 1.16. The molecule has 0 radical (unpaired) electrons. The minimum atomic E-state index is -0.526. The summed E-state index contributed by atoms with van der Waals surface area (Å²) in [6, 6.07) is 16.0. The molecule has 1 saturated carbocycles. The number of hydrogen-bond acceptors (Lipinski definition) is 5. The Morgan fingerprint density at radius 2 is 1.51 bits per heavy atom. The molecule has 1 atom stereocenters. The quantitative estimate of drug-likeness (QED) is 0.311. The fourth-order valence-corrected chi connectivity index (χ4v) is 6.93. The van der Waals surface area contributed by atoms with Gasteiger partial charge in [0.2, 0.25) is 0 Å². The molecular weight excluding hydrogens is 595 g/mol. The van der Waals surface area contributed by atoms with E-state index in [9.17, 15) is 18.8 Å². The first-order valence-corrected chi connectivity index (χ1v) is 16.4. The molecule has 3 heterocycles. The maximum absolute atomic E-state index is 13.9. The van der Waals surface area contributed by atoms with Gasteiger partial charge in [-0.25, -0.2) is 9.18 Å². The summed E-state index contributed by atoms with van der Waals surface area (Å²) in [5.74, 6) is -0.655. The van der Waals surface area contributed by atoms with Crippen molar-refractivity contribution in [2.24, 2.45) is 5.41 Å². The number of allylic oxidation sites excluding steroid dienone is 1. The number of nitrogens with zero attached hydrogens (tertiary/aromatic N) is 3. The van der Waals surface area contributed by atoms with Crippen molar-refractivity contribution in [2.75, 3.05) is 26.2 Å². The van der Waals surface area contributed by atoms with Gasteiger partial charge in [-0.15, -0.1) is 0 Å². The minimum absolute atomic E-state index is 0.0556. The first-order chi connectivity index (χ1) is 22.3. The van der Waals surface area contributed by atoms with Crippen LogP contribution in [0, 0.1) is 18.2 Å². The summed E-state index contributed by atoms with van der Waals surface area (Å²) in [6.45, 7) is 12.1. The van der Waals surface area contributed by atoms with Gasteiger partial charge >= 0.3 is 6.09 Å². The number of hydrogen-bond donors (Lipinski definition) is 1. The fourth-order valence-electron chi connectivity index (χ4n) is 6.93. The summed E-state index contributed by atoms with van der Waals surface area (Å²) in [5, 5.41) is 3.05. The van der Waals surface area contributed by atoms with Gasteiger partial charge in [0.25, 0.3) is 11.8 Å². The fraction of sp³-hybridized carbons (Fsp3) is 0.421. The van der Waals surface area contributed by atoms with Crippen LogP contribution in [0.1, 0.15) is 103 Å². The van der Waals surface area contributed by atoms with E-state index in [1.165, 1.54) is 23.9 Å². The van der Waals surface area contributed by atoms with Crippen LogP contribution in [0.5, 0.6) is 0 Å². The molecule has 0 unspecified atom stereocenters. The first kappa shape index (κ1) is 32.4. The summed E-state index contributed by atoms with van der Waals surface area (Å²) >= 11 is 0. The molecule has 3 amide bonds.